The van der Waals surface area contributed by atoms with Gasteiger partial charge in [0.2, 0.25) is 0 Å². The van der Waals surface area contributed by atoms with Crippen LogP contribution in [-0.2, 0) is 11.2 Å². The lowest BCUT2D eigenvalue weighted by Gasteiger charge is -2.12. The third-order valence-electron chi connectivity index (χ3n) is 4.22. The van der Waals surface area contributed by atoms with Crippen molar-refractivity contribution in [2.45, 2.75) is 39.2 Å². The molecule has 0 unspecified atom stereocenters. The number of rotatable bonds is 5. The molecule has 0 amide bonds. The molecule has 1 saturated heterocycles. The van der Waals surface area contributed by atoms with E-state index in [2.05, 4.69) is 28.8 Å². The lowest BCUT2D eigenvalue weighted by Crippen LogP contribution is -2.37. The summed E-state index contributed by atoms with van der Waals surface area (Å²) in [6.07, 6.45) is 3.34. The van der Waals surface area contributed by atoms with E-state index in [-0.39, 0.29) is 6.10 Å². The largest absolute Gasteiger partial charge is 0.454 e. The second kappa shape index (κ2) is 7.77. The summed E-state index contributed by atoms with van der Waals surface area (Å²) in [6, 6.07) is 8.06. The second-order valence-electron chi connectivity index (χ2n) is 5.91. The van der Waals surface area contributed by atoms with Gasteiger partial charge in [-0.1, -0.05) is 25.1 Å². The minimum Gasteiger partial charge on any atom is -0.454 e. The van der Waals surface area contributed by atoms with Crippen molar-refractivity contribution in [2.24, 2.45) is 5.10 Å². The van der Waals surface area contributed by atoms with Crippen molar-refractivity contribution in [2.75, 3.05) is 13.2 Å². The van der Waals surface area contributed by atoms with Gasteiger partial charge in [0.1, 0.15) is 11.3 Å². The molecule has 1 aliphatic heterocycles. The van der Waals surface area contributed by atoms with Crippen LogP contribution in [0.2, 0.25) is 0 Å². The van der Waals surface area contributed by atoms with E-state index >= 15 is 0 Å². The van der Waals surface area contributed by atoms with Crippen molar-refractivity contribution in [3.8, 4) is 0 Å². The second-order valence-corrected chi connectivity index (χ2v) is 6.32. The molecule has 3 rings (SSSR count). The first-order valence-corrected chi connectivity index (χ1v) is 8.80. The third kappa shape index (κ3) is 3.76. The van der Waals surface area contributed by atoms with Gasteiger partial charge in [0.15, 0.2) is 10.9 Å². The van der Waals surface area contributed by atoms with Crippen LogP contribution in [0, 0.1) is 0 Å². The zero-order valence-electron chi connectivity index (χ0n) is 14.1. The predicted octanol–water partition coefficient (Wildman–Crippen LogP) is 3.36. The van der Waals surface area contributed by atoms with Crippen molar-refractivity contribution >= 4 is 34.0 Å². The Labute approximate surface area is 147 Å². The summed E-state index contributed by atoms with van der Waals surface area (Å²) in [5, 5.41) is 9.16. The van der Waals surface area contributed by atoms with Gasteiger partial charge >= 0.3 is 0 Å². The Balaban J connectivity index is 1.65. The number of furan rings is 1. The Kier molecular flexibility index (Phi) is 5.48. The molecule has 0 aliphatic carbocycles. The average molecular weight is 345 g/mol. The average Bonchev–Trinajstić information content (AvgIpc) is 3.24. The summed E-state index contributed by atoms with van der Waals surface area (Å²) in [7, 11) is 0. The van der Waals surface area contributed by atoms with E-state index in [1.165, 1.54) is 5.56 Å². The Morgan fingerprint density at radius 1 is 1.38 bits per heavy atom. The van der Waals surface area contributed by atoms with Crippen LogP contribution in [0.5, 0.6) is 0 Å². The van der Waals surface area contributed by atoms with Crippen molar-refractivity contribution in [3.05, 3.63) is 35.6 Å². The van der Waals surface area contributed by atoms with Gasteiger partial charge in [0.05, 0.1) is 6.10 Å². The lowest BCUT2D eigenvalue weighted by molar-refractivity contribution is 0.114. The first-order valence-electron chi connectivity index (χ1n) is 8.39. The maximum Gasteiger partial charge on any atom is 0.187 e. The fraction of sp³-hybridized carbons (Fsp3) is 0.444. The van der Waals surface area contributed by atoms with E-state index in [4.69, 9.17) is 21.4 Å². The van der Waals surface area contributed by atoms with E-state index in [0.717, 1.165) is 48.3 Å². The van der Waals surface area contributed by atoms with Crippen molar-refractivity contribution < 1.29 is 9.15 Å². The number of ether oxygens (including phenoxy) is 1. The van der Waals surface area contributed by atoms with Gasteiger partial charge in [0, 0.05) is 24.1 Å². The molecule has 2 heterocycles. The van der Waals surface area contributed by atoms with Gasteiger partial charge in [0.25, 0.3) is 0 Å². The Morgan fingerprint density at radius 2 is 2.21 bits per heavy atom. The number of nitrogens with zero attached hydrogens (tertiary/aromatic N) is 1. The summed E-state index contributed by atoms with van der Waals surface area (Å²) < 4.78 is 11.5. The van der Waals surface area contributed by atoms with Crippen LogP contribution in [0.4, 0.5) is 0 Å². The van der Waals surface area contributed by atoms with E-state index in [1.807, 2.05) is 25.1 Å². The molecule has 1 aliphatic rings. The number of hydrogen-bond donors (Lipinski definition) is 2. The van der Waals surface area contributed by atoms with Crippen LogP contribution >= 0.6 is 12.2 Å². The van der Waals surface area contributed by atoms with Crippen LogP contribution in [0.25, 0.3) is 11.0 Å². The van der Waals surface area contributed by atoms with Crippen LogP contribution in [-0.4, -0.2) is 30.1 Å². The minimum absolute atomic E-state index is 0.247. The molecular formula is C18H23N3O2S. The molecule has 2 N–H and O–H groups in total. The Hall–Kier alpha value is -1.92. The number of benzene rings is 1. The Morgan fingerprint density at radius 3 is 2.96 bits per heavy atom. The van der Waals surface area contributed by atoms with Gasteiger partial charge in [-0.3, -0.25) is 5.43 Å². The summed E-state index contributed by atoms with van der Waals surface area (Å²) in [5.74, 6) is 0.813. The van der Waals surface area contributed by atoms with Crippen LogP contribution in [0.1, 0.15) is 38.0 Å². The fourth-order valence-electron chi connectivity index (χ4n) is 2.98. The molecule has 0 spiro atoms. The number of aryl methyl sites for hydroxylation is 1. The van der Waals surface area contributed by atoms with Crippen LogP contribution in [0.15, 0.2) is 33.8 Å². The topological polar surface area (TPSA) is 58.8 Å². The molecule has 5 nitrogen and oxygen atoms in total. The highest BCUT2D eigenvalue weighted by Crippen LogP contribution is 2.26. The molecular weight excluding hydrogens is 322 g/mol. The molecule has 1 aromatic carbocycles. The molecule has 128 valence electrons. The molecule has 24 heavy (non-hydrogen) atoms. The quantitative estimate of drug-likeness (QED) is 0.494. The highest BCUT2D eigenvalue weighted by atomic mass is 32.1. The number of nitrogens with one attached hydrogen (secondary N) is 2. The van der Waals surface area contributed by atoms with E-state index in [9.17, 15) is 0 Å². The summed E-state index contributed by atoms with van der Waals surface area (Å²) in [5.41, 5.74) is 5.74. The van der Waals surface area contributed by atoms with Gasteiger partial charge < -0.3 is 14.5 Å². The zero-order valence-corrected chi connectivity index (χ0v) is 14.9. The SMILES string of the molecule is CCc1c(/C(C)=N\NC(=S)NC[C@H]2CCCO2)oc2ccccc12. The summed E-state index contributed by atoms with van der Waals surface area (Å²) in [4.78, 5) is 0. The first-order chi connectivity index (χ1) is 11.7. The van der Waals surface area contributed by atoms with E-state index < -0.39 is 0 Å². The van der Waals surface area contributed by atoms with Crippen molar-refractivity contribution in [1.29, 1.82) is 0 Å². The molecule has 2 aromatic rings. The van der Waals surface area contributed by atoms with Crippen LogP contribution in [0.3, 0.4) is 0 Å². The Bertz CT molecular complexity index is 748. The number of hydrogen-bond acceptors (Lipinski definition) is 4. The van der Waals surface area contributed by atoms with Gasteiger partial charge in [-0.2, -0.15) is 5.10 Å². The van der Waals surface area contributed by atoms with Gasteiger partial charge in [-0.05, 0) is 44.5 Å². The predicted molar refractivity (Wildman–Crippen MR) is 101 cm³/mol. The highest BCUT2D eigenvalue weighted by Gasteiger charge is 2.16. The summed E-state index contributed by atoms with van der Waals surface area (Å²) >= 11 is 5.27. The molecule has 1 aromatic heterocycles. The van der Waals surface area contributed by atoms with Crippen molar-refractivity contribution in [1.82, 2.24) is 10.7 Å². The number of thiocarbonyl (C=S) groups is 1. The van der Waals surface area contributed by atoms with Crippen LogP contribution < -0.4 is 10.7 Å². The standard InChI is InChI=1S/C18H23N3O2S/c1-3-14-15-8-4-5-9-16(15)23-17(14)12(2)20-21-18(24)19-11-13-7-6-10-22-13/h4-5,8-9,13H,3,6-7,10-11H2,1-2H3,(H2,19,21,24)/b20-12-/t13-/m1/s1. The molecule has 1 fully saturated rings. The zero-order chi connectivity index (χ0) is 16.9. The fourth-order valence-corrected chi connectivity index (χ4v) is 3.11. The molecule has 1 atom stereocenters. The molecule has 0 radical (unpaired) electrons. The first kappa shape index (κ1) is 16.9. The molecule has 0 bridgehead atoms. The third-order valence-corrected chi connectivity index (χ3v) is 4.46. The molecule has 6 heteroatoms. The highest BCUT2D eigenvalue weighted by molar-refractivity contribution is 7.80. The van der Waals surface area contributed by atoms with Gasteiger partial charge in [-0.25, -0.2) is 0 Å². The number of para-hydroxylation sites is 1. The minimum atomic E-state index is 0.247. The normalized spacial score (nSPS) is 18.1. The number of hydrazone groups is 1. The lowest BCUT2D eigenvalue weighted by atomic mass is 10.1. The van der Waals surface area contributed by atoms with Crippen molar-refractivity contribution in [3.63, 3.8) is 0 Å². The summed E-state index contributed by atoms with van der Waals surface area (Å²) in [6.45, 7) is 5.60. The maximum absolute atomic E-state index is 5.97. The number of fused-ring (bicyclic) bond motifs is 1. The van der Waals surface area contributed by atoms with Gasteiger partial charge in [-0.15, -0.1) is 0 Å². The maximum atomic E-state index is 5.97. The van der Waals surface area contributed by atoms with E-state index in [1.54, 1.807) is 0 Å². The monoisotopic (exact) mass is 345 g/mol. The van der Waals surface area contributed by atoms with E-state index in [0.29, 0.717) is 11.7 Å². The smallest absolute Gasteiger partial charge is 0.187 e. The molecule has 0 saturated carbocycles.